The molecule has 7 nitrogen and oxygen atoms in total. The Balaban J connectivity index is 1.98. The maximum atomic E-state index is 12.8. The molecule has 2 aromatic carbocycles. The van der Waals surface area contributed by atoms with Crippen molar-refractivity contribution < 1.29 is 32.4 Å². The Labute approximate surface area is 151 Å². The second-order valence-corrected chi connectivity index (χ2v) is 5.30. The molecule has 0 bridgehead atoms. The van der Waals surface area contributed by atoms with Crippen LogP contribution < -0.4 is 14.8 Å². The lowest BCUT2D eigenvalue weighted by Crippen LogP contribution is -2.28. The number of nitrogens with zero attached hydrogens (tertiary/aromatic N) is 1. The van der Waals surface area contributed by atoms with E-state index in [9.17, 15) is 28.1 Å². The molecule has 0 atom stereocenters. The van der Waals surface area contributed by atoms with Gasteiger partial charge < -0.3 is 14.8 Å². The van der Waals surface area contributed by atoms with Crippen molar-refractivity contribution in [2.24, 2.45) is 0 Å². The Hall–Kier alpha value is -3.30. The number of benzene rings is 2. The number of carbonyl (C=O) groups is 1. The topological polar surface area (TPSA) is 90.7 Å². The zero-order valence-electron chi connectivity index (χ0n) is 14.1. The minimum absolute atomic E-state index is 0.00505. The van der Waals surface area contributed by atoms with E-state index >= 15 is 0 Å². The molecule has 0 radical (unpaired) electrons. The fraction of sp³-hybridized carbons (Fsp3) is 0.235. The molecule has 0 aromatic heterocycles. The molecule has 0 saturated heterocycles. The van der Waals surface area contributed by atoms with Crippen LogP contribution in [0.3, 0.4) is 0 Å². The van der Waals surface area contributed by atoms with E-state index in [0.717, 1.165) is 6.07 Å². The molecular formula is C17H15F3N2O5. The summed E-state index contributed by atoms with van der Waals surface area (Å²) in [5.74, 6) is 0.282. The SMILES string of the molecule is COc1ccc(OCCNC(=O)c2cc([N+](=O)[O-])cc(C(F)(F)F)c2)cc1. The van der Waals surface area contributed by atoms with Crippen LogP contribution in [0.25, 0.3) is 0 Å². The highest BCUT2D eigenvalue weighted by molar-refractivity contribution is 5.95. The van der Waals surface area contributed by atoms with Crippen LogP contribution in [-0.2, 0) is 6.18 Å². The molecule has 0 aliphatic carbocycles. The Morgan fingerprint density at radius 3 is 2.33 bits per heavy atom. The molecule has 2 aromatic rings. The highest BCUT2D eigenvalue weighted by Crippen LogP contribution is 2.32. The molecule has 0 saturated carbocycles. The van der Waals surface area contributed by atoms with Crippen LogP contribution >= 0.6 is 0 Å². The highest BCUT2D eigenvalue weighted by Gasteiger charge is 2.33. The Morgan fingerprint density at radius 1 is 1.15 bits per heavy atom. The summed E-state index contributed by atoms with van der Waals surface area (Å²) < 4.78 is 48.9. The van der Waals surface area contributed by atoms with Gasteiger partial charge in [-0.05, 0) is 30.3 Å². The van der Waals surface area contributed by atoms with Crippen LogP contribution in [0, 0.1) is 10.1 Å². The molecule has 1 N–H and O–H groups in total. The number of amides is 1. The Kier molecular flexibility index (Phi) is 6.22. The summed E-state index contributed by atoms with van der Waals surface area (Å²) in [7, 11) is 1.52. The van der Waals surface area contributed by atoms with Crippen LogP contribution in [-0.4, -0.2) is 31.1 Å². The monoisotopic (exact) mass is 384 g/mol. The number of nitrogens with one attached hydrogen (secondary N) is 1. The number of hydrogen-bond donors (Lipinski definition) is 1. The largest absolute Gasteiger partial charge is 0.497 e. The average Bonchev–Trinajstić information content (AvgIpc) is 2.64. The number of hydrogen-bond acceptors (Lipinski definition) is 5. The zero-order chi connectivity index (χ0) is 20.0. The lowest BCUT2D eigenvalue weighted by molar-refractivity contribution is -0.385. The van der Waals surface area contributed by atoms with E-state index in [0.29, 0.717) is 23.6 Å². The van der Waals surface area contributed by atoms with Gasteiger partial charge in [0.25, 0.3) is 11.6 Å². The molecule has 0 fully saturated rings. The lowest BCUT2D eigenvalue weighted by Gasteiger charge is -2.10. The van der Waals surface area contributed by atoms with E-state index in [1.54, 1.807) is 24.3 Å². The molecule has 0 heterocycles. The maximum absolute atomic E-state index is 12.8. The summed E-state index contributed by atoms with van der Waals surface area (Å²) in [5.41, 5.74) is -2.54. The number of carbonyl (C=O) groups excluding carboxylic acids is 1. The van der Waals surface area contributed by atoms with E-state index in [4.69, 9.17) is 9.47 Å². The minimum Gasteiger partial charge on any atom is -0.497 e. The first-order valence-electron chi connectivity index (χ1n) is 7.62. The quantitative estimate of drug-likeness (QED) is 0.449. The normalized spacial score (nSPS) is 11.0. The van der Waals surface area contributed by atoms with Gasteiger partial charge >= 0.3 is 6.18 Å². The molecule has 27 heavy (non-hydrogen) atoms. The first-order chi connectivity index (χ1) is 12.7. The summed E-state index contributed by atoms with van der Waals surface area (Å²) in [6, 6.07) is 8.38. The third kappa shape index (κ3) is 5.59. The van der Waals surface area contributed by atoms with Crippen molar-refractivity contribution in [1.29, 1.82) is 0 Å². The molecular weight excluding hydrogens is 369 g/mol. The molecule has 0 spiro atoms. The van der Waals surface area contributed by atoms with Gasteiger partial charge in [-0.2, -0.15) is 13.2 Å². The summed E-state index contributed by atoms with van der Waals surface area (Å²) >= 11 is 0. The third-order valence-electron chi connectivity index (χ3n) is 3.43. The third-order valence-corrected chi connectivity index (χ3v) is 3.43. The predicted octanol–water partition coefficient (Wildman–Crippen LogP) is 3.43. The predicted molar refractivity (Wildman–Crippen MR) is 88.9 cm³/mol. The van der Waals surface area contributed by atoms with Gasteiger partial charge in [0.05, 0.1) is 24.1 Å². The van der Waals surface area contributed by atoms with E-state index in [1.807, 2.05) is 0 Å². The van der Waals surface area contributed by atoms with Gasteiger partial charge in [-0.3, -0.25) is 14.9 Å². The molecule has 0 unspecified atom stereocenters. The van der Waals surface area contributed by atoms with Crippen molar-refractivity contribution in [2.45, 2.75) is 6.18 Å². The van der Waals surface area contributed by atoms with Crippen LogP contribution in [0.4, 0.5) is 18.9 Å². The lowest BCUT2D eigenvalue weighted by atomic mass is 10.1. The van der Waals surface area contributed by atoms with E-state index in [-0.39, 0.29) is 13.2 Å². The van der Waals surface area contributed by atoms with E-state index in [1.165, 1.54) is 7.11 Å². The van der Waals surface area contributed by atoms with Crippen molar-refractivity contribution in [3.63, 3.8) is 0 Å². The summed E-state index contributed by atoms with van der Waals surface area (Å²) in [6.07, 6.45) is -4.81. The van der Waals surface area contributed by atoms with Crippen LogP contribution in [0.5, 0.6) is 11.5 Å². The number of halogens is 3. The fourth-order valence-corrected chi connectivity index (χ4v) is 2.12. The number of ether oxygens (including phenoxy) is 2. The van der Waals surface area contributed by atoms with E-state index in [2.05, 4.69) is 5.32 Å². The highest BCUT2D eigenvalue weighted by atomic mass is 19.4. The minimum atomic E-state index is -4.81. The van der Waals surface area contributed by atoms with Gasteiger partial charge in [0.2, 0.25) is 0 Å². The van der Waals surface area contributed by atoms with Gasteiger partial charge in [-0.25, -0.2) is 0 Å². The summed E-state index contributed by atoms with van der Waals surface area (Å²) in [5, 5.41) is 13.2. The second-order valence-electron chi connectivity index (χ2n) is 5.30. The smallest absolute Gasteiger partial charge is 0.416 e. The number of alkyl halides is 3. The number of rotatable bonds is 7. The van der Waals surface area contributed by atoms with Crippen LogP contribution in [0.2, 0.25) is 0 Å². The van der Waals surface area contributed by atoms with Gasteiger partial charge in [0.15, 0.2) is 0 Å². The van der Waals surface area contributed by atoms with Crippen molar-refractivity contribution >= 4 is 11.6 Å². The summed E-state index contributed by atoms with van der Waals surface area (Å²) in [4.78, 5) is 21.8. The van der Waals surface area contributed by atoms with Crippen molar-refractivity contribution in [2.75, 3.05) is 20.3 Å². The average molecular weight is 384 g/mol. The molecule has 2 rings (SSSR count). The second kappa shape index (κ2) is 8.39. The number of methoxy groups -OCH3 is 1. The molecule has 0 aliphatic heterocycles. The number of non-ortho nitro benzene ring substituents is 1. The Morgan fingerprint density at radius 2 is 1.78 bits per heavy atom. The molecule has 0 aliphatic rings. The van der Waals surface area contributed by atoms with Crippen molar-refractivity contribution in [3.05, 3.63) is 63.7 Å². The first kappa shape index (κ1) is 20.0. The van der Waals surface area contributed by atoms with Gasteiger partial charge in [-0.1, -0.05) is 0 Å². The first-order valence-corrected chi connectivity index (χ1v) is 7.62. The van der Waals surface area contributed by atoms with Crippen LogP contribution in [0.1, 0.15) is 15.9 Å². The van der Waals surface area contributed by atoms with E-state index < -0.39 is 33.8 Å². The zero-order valence-corrected chi connectivity index (χ0v) is 14.1. The van der Waals surface area contributed by atoms with Gasteiger partial charge in [-0.15, -0.1) is 0 Å². The Bertz CT molecular complexity index is 822. The number of nitro benzene ring substituents is 1. The fourth-order valence-electron chi connectivity index (χ4n) is 2.12. The maximum Gasteiger partial charge on any atom is 0.416 e. The van der Waals surface area contributed by atoms with Crippen molar-refractivity contribution in [1.82, 2.24) is 5.32 Å². The number of nitro groups is 1. The molecule has 10 heteroatoms. The summed E-state index contributed by atoms with van der Waals surface area (Å²) in [6.45, 7) is 0.0496. The van der Waals surface area contributed by atoms with Crippen LogP contribution in [0.15, 0.2) is 42.5 Å². The van der Waals surface area contributed by atoms with Gasteiger partial charge in [0.1, 0.15) is 18.1 Å². The molecule has 144 valence electrons. The molecule has 1 amide bonds. The van der Waals surface area contributed by atoms with Crippen molar-refractivity contribution in [3.8, 4) is 11.5 Å². The standard InChI is InChI=1S/C17H15F3N2O5/c1-26-14-2-4-15(5-3-14)27-7-6-21-16(23)11-8-12(17(18,19)20)10-13(9-11)22(24)25/h2-5,8-10H,6-7H2,1H3,(H,21,23). The van der Waals surface area contributed by atoms with Gasteiger partial charge in [0, 0.05) is 17.7 Å².